The summed E-state index contributed by atoms with van der Waals surface area (Å²) in [5, 5.41) is 0. The fourth-order valence-electron chi connectivity index (χ4n) is 2.15. The molecule has 0 aliphatic rings. The highest BCUT2D eigenvalue weighted by Crippen LogP contribution is 2.24. The van der Waals surface area contributed by atoms with Gasteiger partial charge in [-0.1, -0.05) is 24.3 Å². The molecule has 0 saturated heterocycles. The van der Waals surface area contributed by atoms with Gasteiger partial charge in [-0.05, 0) is 43.2 Å². The number of anilines is 1. The number of benzene rings is 2. The standard InChI is InChI=1S/C15H17FN2O2S/c1-10-4-3-5-14(17)15(10)21(19,20)18-11(2)12-6-8-13(16)9-7-12/h3-9,11,18H,17H2,1-2H3. The lowest BCUT2D eigenvalue weighted by atomic mass is 10.1. The van der Waals surface area contributed by atoms with E-state index in [1.807, 2.05) is 0 Å². The second-order valence-corrected chi connectivity index (χ2v) is 6.54. The Labute approximate surface area is 123 Å². The average molecular weight is 308 g/mol. The van der Waals surface area contributed by atoms with Gasteiger partial charge in [0.2, 0.25) is 10.0 Å². The van der Waals surface area contributed by atoms with Gasteiger partial charge < -0.3 is 5.73 Å². The SMILES string of the molecule is Cc1cccc(N)c1S(=O)(=O)NC(C)c1ccc(F)cc1. The molecule has 0 radical (unpaired) electrons. The number of nitrogens with one attached hydrogen (secondary N) is 1. The molecule has 0 saturated carbocycles. The molecular weight excluding hydrogens is 291 g/mol. The fraction of sp³-hybridized carbons (Fsp3) is 0.200. The van der Waals surface area contributed by atoms with Crippen LogP contribution < -0.4 is 10.5 Å². The maximum atomic E-state index is 12.9. The number of halogens is 1. The summed E-state index contributed by atoms with van der Waals surface area (Å²) < 4.78 is 40.4. The second-order valence-electron chi connectivity index (χ2n) is 4.89. The third-order valence-corrected chi connectivity index (χ3v) is 4.97. The minimum Gasteiger partial charge on any atom is -0.398 e. The molecule has 2 aromatic rings. The summed E-state index contributed by atoms with van der Waals surface area (Å²) in [4.78, 5) is 0.0824. The molecule has 0 amide bonds. The van der Waals surface area contributed by atoms with E-state index in [1.165, 1.54) is 12.1 Å². The molecule has 112 valence electrons. The third-order valence-electron chi connectivity index (χ3n) is 3.21. The highest BCUT2D eigenvalue weighted by Gasteiger charge is 2.22. The van der Waals surface area contributed by atoms with E-state index in [1.54, 1.807) is 44.2 Å². The molecule has 3 N–H and O–H groups in total. The third kappa shape index (κ3) is 3.40. The van der Waals surface area contributed by atoms with Crippen molar-refractivity contribution in [3.05, 3.63) is 59.4 Å². The van der Waals surface area contributed by atoms with Crippen LogP contribution in [0.15, 0.2) is 47.4 Å². The Balaban J connectivity index is 2.31. The maximum absolute atomic E-state index is 12.9. The Morgan fingerprint density at radius 3 is 2.33 bits per heavy atom. The van der Waals surface area contributed by atoms with Crippen LogP contribution in [0.3, 0.4) is 0 Å². The Bertz CT molecular complexity index is 723. The van der Waals surface area contributed by atoms with Gasteiger partial charge in [0.1, 0.15) is 10.7 Å². The zero-order chi connectivity index (χ0) is 15.6. The normalized spacial score (nSPS) is 13.1. The summed E-state index contributed by atoms with van der Waals surface area (Å²) in [5.41, 5.74) is 7.23. The van der Waals surface area contributed by atoms with Crippen LogP contribution in [0, 0.1) is 12.7 Å². The number of hydrogen-bond donors (Lipinski definition) is 2. The van der Waals surface area contributed by atoms with Crippen LogP contribution >= 0.6 is 0 Å². The van der Waals surface area contributed by atoms with E-state index in [2.05, 4.69) is 4.72 Å². The van der Waals surface area contributed by atoms with Crippen molar-refractivity contribution >= 4 is 15.7 Å². The van der Waals surface area contributed by atoms with Gasteiger partial charge in [0, 0.05) is 6.04 Å². The van der Waals surface area contributed by atoms with E-state index in [0.29, 0.717) is 11.1 Å². The van der Waals surface area contributed by atoms with Crippen LogP contribution in [-0.4, -0.2) is 8.42 Å². The van der Waals surface area contributed by atoms with E-state index in [9.17, 15) is 12.8 Å². The summed E-state index contributed by atoms with van der Waals surface area (Å²) in [7, 11) is -3.75. The van der Waals surface area contributed by atoms with Crippen LogP contribution in [0.1, 0.15) is 24.1 Å². The molecule has 1 unspecified atom stereocenters. The van der Waals surface area contributed by atoms with Crippen molar-refractivity contribution in [2.75, 3.05) is 5.73 Å². The van der Waals surface area contributed by atoms with Gasteiger partial charge in [0.25, 0.3) is 0 Å². The molecule has 1 atom stereocenters. The van der Waals surface area contributed by atoms with E-state index in [-0.39, 0.29) is 16.4 Å². The zero-order valence-corrected chi connectivity index (χ0v) is 12.6. The van der Waals surface area contributed by atoms with Crippen molar-refractivity contribution in [1.29, 1.82) is 0 Å². The van der Waals surface area contributed by atoms with E-state index >= 15 is 0 Å². The zero-order valence-electron chi connectivity index (χ0n) is 11.8. The number of nitrogen functional groups attached to an aromatic ring is 1. The molecule has 0 fully saturated rings. The number of sulfonamides is 1. The summed E-state index contributed by atoms with van der Waals surface area (Å²) in [5.74, 6) is -0.364. The molecule has 2 aromatic carbocycles. The predicted octanol–water partition coefficient (Wildman–Crippen LogP) is 2.76. The first kappa shape index (κ1) is 15.5. The fourth-order valence-corrected chi connectivity index (χ4v) is 3.74. The Morgan fingerprint density at radius 2 is 1.76 bits per heavy atom. The first-order valence-corrected chi connectivity index (χ1v) is 7.92. The van der Waals surface area contributed by atoms with E-state index in [4.69, 9.17) is 5.73 Å². The van der Waals surface area contributed by atoms with Crippen molar-refractivity contribution in [3.8, 4) is 0 Å². The molecule has 0 heterocycles. The lowest BCUT2D eigenvalue weighted by molar-refractivity contribution is 0.566. The summed E-state index contributed by atoms with van der Waals surface area (Å²) in [6, 6.07) is 10.1. The van der Waals surface area contributed by atoms with Crippen LogP contribution in [0.2, 0.25) is 0 Å². The molecule has 0 bridgehead atoms. The molecular formula is C15H17FN2O2S. The van der Waals surface area contributed by atoms with Crippen LogP contribution in [0.5, 0.6) is 0 Å². The van der Waals surface area contributed by atoms with E-state index < -0.39 is 16.1 Å². The van der Waals surface area contributed by atoms with Crippen LogP contribution in [0.4, 0.5) is 10.1 Å². The van der Waals surface area contributed by atoms with Crippen molar-refractivity contribution in [2.24, 2.45) is 0 Å². The molecule has 0 aliphatic heterocycles. The van der Waals surface area contributed by atoms with Gasteiger partial charge in [-0.25, -0.2) is 17.5 Å². The quantitative estimate of drug-likeness (QED) is 0.853. The average Bonchev–Trinajstić information content (AvgIpc) is 2.38. The summed E-state index contributed by atoms with van der Waals surface area (Å²) in [6.45, 7) is 3.38. The van der Waals surface area contributed by atoms with Gasteiger partial charge in [-0.3, -0.25) is 0 Å². The topological polar surface area (TPSA) is 72.2 Å². The largest absolute Gasteiger partial charge is 0.398 e. The molecule has 0 spiro atoms. The Hall–Kier alpha value is -1.92. The van der Waals surface area contributed by atoms with Crippen molar-refractivity contribution < 1.29 is 12.8 Å². The first-order chi connectivity index (χ1) is 9.81. The molecule has 0 aliphatic carbocycles. The predicted molar refractivity (Wildman–Crippen MR) is 80.7 cm³/mol. The Morgan fingerprint density at radius 1 is 1.14 bits per heavy atom. The number of hydrogen-bond acceptors (Lipinski definition) is 3. The maximum Gasteiger partial charge on any atom is 0.243 e. The van der Waals surface area contributed by atoms with Crippen molar-refractivity contribution in [1.82, 2.24) is 4.72 Å². The summed E-state index contributed by atoms with van der Waals surface area (Å²) in [6.07, 6.45) is 0. The smallest absolute Gasteiger partial charge is 0.243 e. The molecule has 4 nitrogen and oxygen atoms in total. The molecule has 2 rings (SSSR count). The lowest BCUT2D eigenvalue weighted by Gasteiger charge is -2.17. The minimum atomic E-state index is -3.75. The van der Waals surface area contributed by atoms with Gasteiger partial charge >= 0.3 is 0 Å². The van der Waals surface area contributed by atoms with Gasteiger partial charge in [-0.2, -0.15) is 0 Å². The lowest BCUT2D eigenvalue weighted by Crippen LogP contribution is -2.28. The Kier molecular flexibility index (Phi) is 4.29. The molecule has 0 aromatic heterocycles. The number of nitrogens with two attached hydrogens (primary N) is 1. The van der Waals surface area contributed by atoms with Gasteiger partial charge in [0.15, 0.2) is 0 Å². The molecule has 6 heteroatoms. The number of rotatable bonds is 4. The number of aryl methyl sites for hydroxylation is 1. The van der Waals surface area contributed by atoms with Gasteiger partial charge in [-0.15, -0.1) is 0 Å². The second kappa shape index (κ2) is 5.83. The first-order valence-electron chi connectivity index (χ1n) is 6.44. The van der Waals surface area contributed by atoms with Gasteiger partial charge in [0.05, 0.1) is 5.69 Å². The highest BCUT2D eigenvalue weighted by molar-refractivity contribution is 7.89. The van der Waals surface area contributed by atoms with Crippen molar-refractivity contribution in [3.63, 3.8) is 0 Å². The monoisotopic (exact) mass is 308 g/mol. The molecule has 21 heavy (non-hydrogen) atoms. The van der Waals surface area contributed by atoms with Crippen LogP contribution in [0.25, 0.3) is 0 Å². The highest BCUT2D eigenvalue weighted by atomic mass is 32.2. The van der Waals surface area contributed by atoms with Crippen molar-refractivity contribution in [2.45, 2.75) is 24.8 Å². The minimum absolute atomic E-state index is 0.0824. The summed E-state index contributed by atoms with van der Waals surface area (Å²) >= 11 is 0. The van der Waals surface area contributed by atoms with E-state index in [0.717, 1.165) is 0 Å². The van der Waals surface area contributed by atoms with Crippen LogP contribution in [-0.2, 0) is 10.0 Å².